The van der Waals surface area contributed by atoms with Gasteiger partial charge in [-0.15, -0.1) is 0 Å². The second kappa shape index (κ2) is 4.93. The second-order valence-electron chi connectivity index (χ2n) is 4.08. The molecule has 1 aliphatic rings. The van der Waals surface area contributed by atoms with E-state index in [0.29, 0.717) is 0 Å². The first-order valence-electron chi connectivity index (χ1n) is 5.50. The Balaban J connectivity index is 2.03. The molecular formula is C12H10F3NO3S. The van der Waals surface area contributed by atoms with Gasteiger partial charge in [0.05, 0.1) is 10.5 Å². The zero-order valence-corrected chi connectivity index (χ0v) is 11.1. The van der Waals surface area contributed by atoms with Crippen molar-refractivity contribution in [3.63, 3.8) is 0 Å². The Morgan fingerprint density at radius 1 is 1.20 bits per heavy atom. The van der Waals surface area contributed by atoms with E-state index in [1.54, 1.807) is 0 Å². The van der Waals surface area contributed by atoms with Gasteiger partial charge in [-0.1, -0.05) is 0 Å². The molecule has 8 heteroatoms. The average molecular weight is 305 g/mol. The van der Waals surface area contributed by atoms with Crippen LogP contribution in [0.15, 0.2) is 40.4 Å². The van der Waals surface area contributed by atoms with Crippen LogP contribution in [-0.4, -0.2) is 20.1 Å². The van der Waals surface area contributed by atoms with Gasteiger partial charge in [-0.25, -0.2) is 13.4 Å². The second-order valence-corrected chi connectivity index (χ2v) is 6.20. The summed E-state index contributed by atoms with van der Waals surface area (Å²) in [5.41, 5.74) is -0.798. The first kappa shape index (κ1) is 14.6. The van der Waals surface area contributed by atoms with Crippen molar-refractivity contribution in [1.82, 2.24) is 0 Å². The van der Waals surface area contributed by atoms with Gasteiger partial charge in [0, 0.05) is 6.20 Å². The highest BCUT2D eigenvalue weighted by Crippen LogP contribution is 2.30. The molecule has 0 atom stereocenters. The zero-order chi connectivity index (χ0) is 15.0. The molecule has 0 spiro atoms. The van der Waals surface area contributed by atoms with Gasteiger partial charge in [-0.05, 0) is 31.2 Å². The van der Waals surface area contributed by atoms with Crippen molar-refractivity contribution >= 4 is 14.9 Å². The van der Waals surface area contributed by atoms with Crippen molar-refractivity contribution in [2.75, 3.05) is 6.61 Å². The molecule has 0 unspecified atom stereocenters. The van der Waals surface area contributed by atoms with Crippen molar-refractivity contribution in [2.24, 2.45) is 4.99 Å². The van der Waals surface area contributed by atoms with Crippen molar-refractivity contribution in [3.8, 4) is 5.75 Å². The minimum Gasteiger partial charge on any atom is -0.487 e. The number of ether oxygens (including phenoxy) is 1. The van der Waals surface area contributed by atoms with Crippen LogP contribution in [0.2, 0.25) is 0 Å². The van der Waals surface area contributed by atoms with Crippen molar-refractivity contribution < 1.29 is 26.3 Å². The summed E-state index contributed by atoms with van der Waals surface area (Å²) < 4.78 is 65.5. The van der Waals surface area contributed by atoms with Gasteiger partial charge < -0.3 is 4.74 Å². The van der Waals surface area contributed by atoms with E-state index in [1.165, 1.54) is 13.1 Å². The molecule has 108 valence electrons. The Morgan fingerprint density at radius 3 is 2.25 bits per heavy atom. The number of hydrogen-bond acceptors (Lipinski definition) is 4. The number of aliphatic imine (C=N–C) groups is 1. The van der Waals surface area contributed by atoms with E-state index in [0.717, 1.165) is 24.3 Å². The van der Waals surface area contributed by atoms with Crippen molar-refractivity contribution in [3.05, 3.63) is 40.9 Å². The van der Waals surface area contributed by atoms with Gasteiger partial charge in [-0.3, -0.25) is 0 Å². The number of benzene rings is 1. The number of allylic oxidation sites excluding steroid dienone is 1. The standard InChI is InChI=1S/C12H10F3NO3S/c1-8-6-16-11(20(8,17)18)7-19-10-4-2-9(3-5-10)12(13,14)15/h2-6H,7H2,1H3. The minimum absolute atomic E-state index is 0.114. The van der Waals surface area contributed by atoms with Gasteiger partial charge in [0.15, 0.2) is 5.04 Å². The lowest BCUT2D eigenvalue weighted by atomic mass is 10.2. The molecule has 0 saturated heterocycles. The number of nitrogens with zero attached hydrogens (tertiary/aromatic N) is 1. The molecule has 20 heavy (non-hydrogen) atoms. The molecular weight excluding hydrogens is 295 g/mol. The van der Waals surface area contributed by atoms with E-state index in [1.807, 2.05) is 0 Å². The molecule has 0 aliphatic carbocycles. The highest BCUT2D eigenvalue weighted by Gasteiger charge is 2.30. The van der Waals surface area contributed by atoms with Gasteiger partial charge in [0.25, 0.3) is 0 Å². The van der Waals surface area contributed by atoms with E-state index in [-0.39, 0.29) is 22.3 Å². The van der Waals surface area contributed by atoms with Crippen molar-refractivity contribution in [1.29, 1.82) is 0 Å². The normalized spacial score (nSPS) is 17.6. The van der Waals surface area contributed by atoms with Crippen molar-refractivity contribution in [2.45, 2.75) is 13.1 Å². The average Bonchev–Trinajstić information content (AvgIpc) is 2.61. The zero-order valence-electron chi connectivity index (χ0n) is 10.3. The van der Waals surface area contributed by atoms with Crippen LogP contribution in [0.3, 0.4) is 0 Å². The van der Waals surface area contributed by atoms with E-state index in [4.69, 9.17) is 4.74 Å². The molecule has 1 aliphatic heterocycles. The van der Waals surface area contributed by atoms with Gasteiger partial charge >= 0.3 is 6.18 Å². The lowest BCUT2D eigenvalue weighted by Crippen LogP contribution is -2.19. The summed E-state index contributed by atoms with van der Waals surface area (Å²) in [6, 6.07) is 3.99. The smallest absolute Gasteiger partial charge is 0.416 e. The lowest BCUT2D eigenvalue weighted by molar-refractivity contribution is -0.137. The largest absolute Gasteiger partial charge is 0.487 e. The molecule has 0 amide bonds. The maximum atomic E-state index is 12.3. The van der Waals surface area contributed by atoms with E-state index < -0.39 is 21.6 Å². The Morgan fingerprint density at radius 2 is 1.80 bits per heavy atom. The molecule has 0 bridgehead atoms. The van der Waals surface area contributed by atoms with Crippen LogP contribution < -0.4 is 4.74 Å². The number of hydrogen-bond donors (Lipinski definition) is 0. The predicted molar refractivity (Wildman–Crippen MR) is 67.1 cm³/mol. The van der Waals surface area contributed by atoms with E-state index in [9.17, 15) is 21.6 Å². The SMILES string of the molecule is CC1=CN=C(COc2ccc(C(F)(F)F)cc2)S1(=O)=O. The van der Waals surface area contributed by atoms with Crippen LogP contribution in [0.4, 0.5) is 13.2 Å². The number of alkyl halides is 3. The van der Waals surface area contributed by atoms with Crippen LogP contribution in [0.5, 0.6) is 5.75 Å². The third-order valence-electron chi connectivity index (χ3n) is 2.67. The third-order valence-corrected chi connectivity index (χ3v) is 4.47. The highest BCUT2D eigenvalue weighted by atomic mass is 32.2. The Bertz CT molecular complexity index is 673. The maximum absolute atomic E-state index is 12.3. The van der Waals surface area contributed by atoms with Gasteiger partial charge in [0.2, 0.25) is 9.84 Å². The fraction of sp³-hybridized carbons (Fsp3) is 0.250. The minimum atomic E-state index is -4.42. The van der Waals surface area contributed by atoms with Crippen LogP contribution in [-0.2, 0) is 16.0 Å². The summed E-state index contributed by atoms with van der Waals surface area (Å²) in [4.78, 5) is 3.82. The van der Waals surface area contributed by atoms with Crippen LogP contribution in [0, 0.1) is 0 Å². The topological polar surface area (TPSA) is 55.7 Å². The number of halogens is 3. The highest BCUT2D eigenvalue weighted by molar-refractivity contribution is 8.10. The quantitative estimate of drug-likeness (QED) is 0.863. The first-order chi connectivity index (χ1) is 9.21. The van der Waals surface area contributed by atoms with E-state index >= 15 is 0 Å². The molecule has 1 aromatic carbocycles. The predicted octanol–water partition coefficient (Wildman–Crippen LogP) is 2.77. The maximum Gasteiger partial charge on any atom is 0.416 e. The molecule has 0 radical (unpaired) electrons. The monoisotopic (exact) mass is 305 g/mol. The fourth-order valence-electron chi connectivity index (χ4n) is 1.49. The summed E-state index contributed by atoms with van der Waals surface area (Å²) in [6.45, 7) is 1.09. The first-order valence-corrected chi connectivity index (χ1v) is 6.98. The van der Waals surface area contributed by atoms with Gasteiger partial charge in [-0.2, -0.15) is 13.2 Å². The molecule has 0 saturated carbocycles. The number of rotatable bonds is 3. The van der Waals surface area contributed by atoms with Gasteiger partial charge in [0.1, 0.15) is 12.4 Å². The summed E-state index contributed by atoms with van der Waals surface area (Å²) in [5.74, 6) is 0.139. The molecule has 2 rings (SSSR count). The van der Waals surface area contributed by atoms with Crippen LogP contribution in [0.25, 0.3) is 0 Å². The molecule has 1 aromatic rings. The fourth-order valence-corrected chi connectivity index (χ4v) is 2.46. The Labute approximate surface area is 113 Å². The molecule has 1 heterocycles. The molecule has 0 fully saturated rings. The van der Waals surface area contributed by atoms with Crippen LogP contribution >= 0.6 is 0 Å². The summed E-state index contributed by atoms with van der Waals surface area (Å²) in [6.07, 6.45) is -3.21. The van der Waals surface area contributed by atoms with Crippen LogP contribution in [0.1, 0.15) is 12.5 Å². The molecule has 0 N–H and O–H groups in total. The third kappa shape index (κ3) is 2.84. The Kier molecular flexibility index (Phi) is 3.59. The summed E-state index contributed by atoms with van der Waals surface area (Å²) >= 11 is 0. The molecule has 0 aromatic heterocycles. The van der Waals surface area contributed by atoms with E-state index in [2.05, 4.69) is 4.99 Å². The Hall–Kier alpha value is -1.83. The summed E-state index contributed by atoms with van der Waals surface area (Å²) in [7, 11) is -3.56. The molecule has 4 nitrogen and oxygen atoms in total. The number of sulfone groups is 1. The summed E-state index contributed by atoms with van der Waals surface area (Å²) in [5, 5.41) is -0.158. The lowest BCUT2D eigenvalue weighted by Gasteiger charge is -2.09.